The number of carbonyl (C=O) groups excluding carboxylic acids is 2. The first-order chi connectivity index (χ1) is 10.1. The molecule has 0 saturated heterocycles. The molecular formula is C16H15NO4. The van der Waals surface area contributed by atoms with Crippen LogP contribution in [0.25, 0.3) is 10.8 Å². The van der Waals surface area contributed by atoms with Gasteiger partial charge in [0.2, 0.25) is 0 Å². The Hall–Kier alpha value is -2.56. The van der Waals surface area contributed by atoms with Crippen molar-refractivity contribution in [2.24, 2.45) is 0 Å². The number of amides is 1. The van der Waals surface area contributed by atoms with Crippen LogP contribution in [0.1, 0.15) is 23.2 Å². The number of fused-ring (bicyclic) bond motifs is 1. The summed E-state index contributed by atoms with van der Waals surface area (Å²) in [5.74, 6) is -1.17. The third-order valence-electron chi connectivity index (χ3n) is 3.36. The molecule has 2 aromatic carbocycles. The molecule has 5 heteroatoms. The number of phenols is 1. The first-order valence-corrected chi connectivity index (χ1v) is 6.82. The molecule has 21 heavy (non-hydrogen) atoms. The molecule has 1 aliphatic carbocycles. The lowest BCUT2D eigenvalue weighted by Gasteiger charge is -2.08. The Morgan fingerprint density at radius 1 is 1.19 bits per heavy atom. The number of carbonyl (C=O) groups is 2. The van der Waals surface area contributed by atoms with Crippen LogP contribution in [0, 0.1) is 0 Å². The van der Waals surface area contributed by atoms with Crippen molar-refractivity contribution in [2.75, 3.05) is 6.61 Å². The first-order valence-electron chi connectivity index (χ1n) is 6.82. The zero-order valence-electron chi connectivity index (χ0n) is 11.3. The Morgan fingerprint density at radius 2 is 1.86 bits per heavy atom. The largest absolute Gasteiger partial charge is 0.507 e. The van der Waals surface area contributed by atoms with Gasteiger partial charge in [-0.15, -0.1) is 0 Å². The molecule has 108 valence electrons. The van der Waals surface area contributed by atoms with Gasteiger partial charge >= 0.3 is 5.97 Å². The molecule has 2 N–H and O–H groups in total. The van der Waals surface area contributed by atoms with E-state index in [1.54, 1.807) is 6.07 Å². The topological polar surface area (TPSA) is 75.6 Å². The van der Waals surface area contributed by atoms with E-state index in [1.165, 1.54) is 6.07 Å². The van der Waals surface area contributed by atoms with Gasteiger partial charge in [0.25, 0.3) is 5.91 Å². The van der Waals surface area contributed by atoms with Crippen molar-refractivity contribution in [1.82, 2.24) is 5.32 Å². The van der Waals surface area contributed by atoms with Crippen LogP contribution in [0.2, 0.25) is 0 Å². The lowest BCUT2D eigenvalue weighted by Crippen LogP contribution is -2.30. The summed E-state index contributed by atoms with van der Waals surface area (Å²) >= 11 is 0. The van der Waals surface area contributed by atoms with E-state index in [9.17, 15) is 14.7 Å². The SMILES string of the molecule is O=C(COC(=O)c1cc2ccccc2cc1O)NC1CC1. The molecule has 0 heterocycles. The standard InChI is InChI=1S/C16H15NO4/c18-14-8-11-4-2-1-3-10(11)7-13(14)16(20)21-9-15(19)17-12-5-6-12/h1-4,7-8,12,18H,5-6,9H2,(H,17,19). The van der Waals surface area contributed by atoms with Crippen LogP contribution in [0.4, 0.5) is 0 Å². The van der Waals surface area contributed by atoms with Gasteiger partial charge in [0, 0.05) is 6.04 Å². The van der Waals surface area contributed by atoms with Crippen molar-refractivity contribution >= 4 is 22.6 Å². The zero-order chi connectivity index (χ0) is 14.8. The molecule has 0 aliphatic heterocycles. The molecule has 1 saturated carbocycles. The molecule has 0 unspecified atom stereocenters. The minimum atomic E-state index is -0.704. The van der Waals surface area contributed by atoms with Gasteiger partial charge in [-0.2, -0.15) is 0 Å². The maximum atomic E-state index is 12.0. The number of ether oxygens (including phenoxy) is 1. The highest BCUT2D eigenvalue weighted by Gasteiger charge is 2.24. The van der Waals surface area contributed by atoms with Crippen molar-refractivity contribution in [1.29, 1.82) is 0 Å². The van der Waals surface area contributed by atoms with E-state index in [0.717, 1.165) is 23.6 Å². The minimum Gasteiger partial charge on any atom is -0.507 e. The summed E-state index contributed by atoms with van der Waals surface area (Å²) in [6.07, 6.45) is 1.95. The average molecular weight is 285 g/mol. The molecule has 3 rings (SSSR count). The Bertz CT molecular complexity index is 706. The molecule has 0 aromatic heterocycles. The number of aromatic hydroxyl groups is 1. The molecule has 0 radical (unpaired) electrons. The van der Waals surface area contributed by atoms with E-state index in [2.05, 4.69) is 5.32 Å². The fraction of sp³-hybridized carbons (Fsp3) is 0.250. The summed E-state index contributed by atoms with van der Waals surface area (Å²) in [7, 11) is 0. The average Bonchev–Trinajstić information content (AvgIpc) is 3.28. The molecule has 0 spiro atoms. The van der Waals surface area contributed by atoms with Gasteiger partial charge in [-0.05, 0) is 35.7 Å². The van der Waals surface area contributed by atoms with Crippen LogP contribution in [0.5, 0.6) is 5.75 Å². The molecule has 0 bridgehead atoms. The van der Waals surface area contributed by atoms with Gasteiger partial charge < -0.3 is 15.2 Å². The predicted molar refractivity (Wildman–Crippen MR) is 77.1 cm³/mol. The number of hydrogen-bond donors (Lipinski definition) is 2. The highest BCUT2D eigenvalue weighted by molar-refractivity contribution is 5.99. The zero-order valence-corrected chi connectivity index (χ0v) is 11.3. The monoisotopic (exact) mass is 285 g/mol. The second-order valence-electron chi connectivity index (χ2n) is 5.13. The van der Waals surface area contributed by atoms with Gasteiger partial charge in [-0.1, -0.05) is 24.3 Å². The van der Waals surface area contributed by atoms with Crippen molar-refractivity contribution < 1.29 is 19.4 Å². The van der Waals surface area contributed by atoms with Gasteiger partial charge in [0.05, 0.1) is 0 Å². The van der Waals surface area contributed by atoms with Gasteiger partial charge in [-0.25, -0.2) is 4.79 Å². The molecule has 2 aromatic rings. The summed E-state index contributed by atoms with van der Waals surface area (Å²) in [5, 5.41) is 14.3. The first kappa shape index (κ1) is 13.4. The lowest BCUT2D eigenvalue weighted by molar-refractivity contribution is -0.124. The highest BCUT2D eigenvalue weighted by atomic mass is 16.5. The van der Waals surface area contributed by atoms with E-state index >= 15 is 0 Å². The molecule has 1 aliphatic rings. The quantitative estimate of drug-likeness (QED) is 0.842. The Morgan fingerprint density at radius 3 is 2.52 bits per heavy atom. The van der Waals surface area contributed by atoms with Crippen LogP contribution in [-0.4, -0.2) is 29.6 Å². The molecule has 5 nitrogen and oxygen atoms in total. The second-order valence-corrected chi connectivity index (χ2v) is 5.13. The van der Waals surface area contributed by atoms with E-state index in [4.69, 9.17) is 4.74 Å². The van der Waals surface area contributed by atoms with Crippen molar-refractivity contribution in [2.45, 2.75) is 18.9 Å². The number of nitrogens with one attached hydrogen (secondary N) is 1. The van der Waals surface area contributed by atoms with Gasteiger partial charge in [-0.3, -0.25) is 4.79 Å². The second kappa shape index (κ2) is 5.44. The van der Waals surface area contributed by atoms with Crippen LogP contribution in [0.15, 0.2) is 36.4 Å². The highest BCUT2D eigenvalue weighted by Crippen LogP contribution is 2.25. The van der Waals surface area contributed by atoms with Crippen LogP contribution >= 0.6 is 0 Å². The van der Waals surface area contributed by atoms with Crippen LogP contribution in [-0.2, 0) is 9.53 Å². The van der Waals surface area contributed by atoms with E-state index in [-0.39, 0.29) is 29.9 Å². The smallest absolute Gasteiger partial charge is 0.342 e. The summed E-state index contributed by atoms with van der Waals surface area (Å²) in [6.45, 7) is -0.332. The molecule has 0 atom stereocenters. The lowest BCUT2D eigenvalue weighted by atomic mass is 10.1. The number of phenolic OH excluding ortho intramolecular Hbond substituents is 1. The molecule has 1 amide bonds. The summed E-state index contributed by atoms with van der Waals surface area (Å²) in [5.41, 5.74) is 0.0629. The number of benzene rings is 2. The summed E-state index contributed by atoms with van der Waals surface area (Å²) < 4.78 is 4.94. The van der Waals surface area contributed by atoms with Gasteiger partial charge in [0.1, 0.15) is 11.3 Å². The third-order valence-corrected chi connectivity index (χ3v) is 3.36. The van der Waals surface area contributed by atoms with E-state index < -0.39 is 5.97 Å². The Balaban J connectivity index is 1.71. The van der Waals surface area contributed by atoms with Crippen LogP contribution in [0.3, 0.4) is 0 Å². The summed E-state index contributed by atoms with van der Waals surface area (Å²) in [4.78, 5) is 23.4. The fourth-order valence-corrected chi connectivity index (χ4v) is 2.10. The van der Waals surface area contributed by atoms with Crippen molar-refractivity contribution in [3.05, 3.63) is 42.0 Å². The normalized spacial score (nSPS) is 13.9. The summed E-state index contributed by atoms with van der Waals surface area (Å²) in [6, 6.07) is 10.7. The van der Waals surface area contributed by atoms with E-state index in [1.807, 2.05) is 24.3 Å². The molecule has 1 fully saturated rings. The van der Waals surface area contributed by atoms with Gasteiger partial charge in [0.15, 0.2) is 6.61 Å². The predicted octanol–water partition coefficient (Wildman–Crippen LogP) is 1.98. The number of esters is 1. The van der Waals surface area contributed by atoms with E-state index in [0.29, 0.717) is 0 Å². The maximum absolute atomic E-state index is 12.0. The fourth-order valence-electron chi connectivity index (χ4n) is 2.10. The minimum absolute atomic E-state index is 0.0629. The van der Waals surface area contributed by atoms with Crippen molar-refractivity contribution in [3.8, 4) is 5.75 Å². The number of rotatable bonds is 4. The third kappa shape index (κ3) is 3.13. The number of hydrogen-bond acceptors (Lipinski definition) is 4. The Labute approximate surface area is 121 Å². The molecular weight excluding hydrogens is 270 g/mol. The van der Waals surface area contributed by atoms with Crippen LogP contribution < -0.4 is 5.32 Å². The maximum Gasteiger partial charge on any atom is 0.342 e. The Kier molecular flexibility index (Phi) is 3.48. The van der Waals surface area contributed by atoms with Crippen molar-refractivity contribution in [3.63, 3.8) is 0 Å².